The van der Waals surface area contributed by atoms with Crippen LogP contribution in [0.25, 0.3) is 22.3 Å². The third-order valence-electron chi connectivity index (χ3n) is 4.27. The van der Waals surface area contributed by atoms with Crippen molar-refractivity contribution in [3.05, 3.63) is 59.4 Å². The molecule has 1 N–H and O–H groups in total. The average Bonchev–Trinajstić information content (AvgIpc) is 3.33. The van der Waals surface area contributed by atoms with Gasteiger partial charge in [-0.1, -0.05) is 11.3 Å². The van der Waals surface area contributed by atoms with E-state index in [1.807, 2.05) is 41.4 Å². The number of fused-ring (bicyclic) bond motifs is 1. The minimum Gasteiger partial charge on any atom is -0.331 e. The molecule has 0 aliphatic heterocycles. The SMILES string of the molecule is CSc1ccc2cc(-c3nccn3CCCn3ccnn3)c(=O)[nH]c2c1. The highest BCUT2D eigenvalue weighted by Crippen LogP contribution is 2.23. The molecule has 0 atom stereocenters. The van der Waals surface area contributed by atoms with Crippen molar-refractivity contribution in [2.45, 2.75) is 24.4 Å². The van der Waals surface area contributed by atoms with Gasteiger partial charge in [0.1, 0.15) is 5.82 Å². The van der Waals surface area contributed by atoms with E-state index in [0.29, 0.717) is 11.4 Å². The molecule has 0 unspecified atom stereocenters. The van der Waals surface area contributed by atoms with Crippen LogP contribution in [0.1, 0.15) is 6.42 Å². The first-order chi connectivity index (χ1) is 12.7. The van der Waals surface area contributed by atoms with Crippen LogP contribution >= 0.6 is 11.8 Å². The molecule has 26 heavy (non-hydrogen) atoms. The van der Waals surface area contributed by atoms with Crippen molar-refractivity contribution < 1.29 is 0 Å². The van der Waals surface area contributed by atoms with Crippen molar-refractivity contribution in [1.29, 1.82) is 0 Å². The van der Waals surface area contributed by atoms with Gasteiger partial charge in [-0.15, -0.1) is 16.9 Å². The summed E-state index contributed by atoms with van der Waals surface area (Å²) in [6, 6.07) is 7.99. The Morgan fingerprint density at radius 3 is 2.88 bits per heavy atom. The Hall–Kier alpha value is -2.87. The van der Waals surface area contributed by atoms with Gasteiger partial charge in [0.2, 0.25) is 0 Å². The molecule has 0 aliphatic rings. The van der Waals surface area contributed by atoms with Gasteiger partial charge >= 0.3 is 0 Å². The van der Waals surface area contributed by atoms with Crippen LogP contribution in [0, 0.1) is 0 Å². The summed E-state index contributed by atoms with van der Waals surface area (Å²) in [5.41, 5.74) is 1.30. The second-order valence-corrected chi connectivity index (χ2v) is 6.81. The van der Waals surface area contributed by atoms with E-state index >= 15 is 0 Å². The summed E-state index contributed by atoms with van der Waals surface area (Å²) in [5.74, 6) is 0.681. The lowest BCUT2D eigenvalue weighted by atomic mass is 10.1. The fourth-order valence-electron chi connectivity index (χ4n) is 2.96. The van der Waals surface area contributed by atoms with E-state index < -0.39 is 0 Å². The van der Waals surface area contributed by atoms with Crippen LogP contribution in [0.5, 0.6) is 0 Å². The number of H-pyrrole nitrogens is 1. The largest absolute Gasteiger partial charge is 0.331 e. The molecule has 4 aromatic rings. The molecule has 0 amide bonds. The van der Waals surface area contributed by atoms with Crippen LogP contribution in [0.3, 0.4) is 0 Å². The summed E-state index contributed by atoms with van der Waals surface area (Å²) < 4.78 is 3.80. The molecule has 0 spiro atoms. The average molecular weight is 366 g/mol. The Morgan fingerprint density at radius 1 is 1.15 bits per heavy atom. The van der Waals surface area contributed by atoms with Gasteiger partial charge in [-0.05, 0) is 36.3 Å². The Balaban J connectivity index is 1.62. The molecule has 0 radical (unpaired) electrons. The van der Waals surface area contributed by atoms with Gasteiger partial charge in [0.25, 0.3) is 5.56 Å². The third kappa shape index (κ3) is 3.28. The predicted octanol–water partition coefficient (Wildman–Crippen LogP) is 2.80. The number of thioether (sulfide) groups is 1. The summed E-state index contributed by atoms with van der Waals surface area (Å²) >= 11 is 1.65. The zero-order valence-corrected chi connectivity index (χ0v) is 15.1. The Labute approximate surface area is 154 Å². The molecule has 8 heteroatoms. The quantitative estimate of drug-likeness (QED) is 0.531. The minimum atomic E-state index is -0.125. The molecular formula is C18H18N6OS. The molecule has 3 heterocycles. The number of hydrogen-bond donors (Lipinski definition) is 1. The van der Waals surface area contributed by atoms with Gasteiger partial charge in [-0.3, -0.25) is 9.48 Å². The fraction of sp³-hybridized carbons (Fsp3) is 0.222. The zero-order valence-electron chi connectivity index (χ0n) is 14.3. The maximum absolute atomic E-state index is 12.6. The minimum absolute atomic E-state index is 0.125. The number of rotatable bonds is 6. The molecule has 0 saturated heterocycles. The molecule has 0 aliphatic carbocycles. The van der Waals surface area contributed by atoms with Gasteiger partial charge in [-0.2, -0.15) is 0 Å². The lowest BCUT2D eigenvalue weighted by Crippen LogP contribution is -2.13. The number of benzene rings is 1. The molecule has 0 bridgehead atoms. The molecule has 7 nitrogen and oxygen atoms in total. The number of nitrogens with zero attached hydrogens (tertiary/aromatic N) is 5. The van der Waals surface area contributed by atoms with Crippen molar-refractivity contribution in [3.63, 3.8) is 0 Å². The van der Waals surface area contributed by atoms with Crippen molar-refractivity contribution >= 4 is 22.7 Å². The lowest BCUT2D eigenvalue weighted by molar-refractivity contribution is 0.516. The van der Waals surface area contributed by atoms with Crippen molar-refractivity contribution in [2.75, 3.05) is 6.26 Å². The second-order valence-electron chi connectivity index (χ2n) is 5.93. The normalized spacial score (nSPS) is 11.3. The van der Waals surface area contributed by atoms with E-state index in [-0.39, 0.29) is 5.56 Å². The van der Waals surface area contributed by atoms with Crippen LogP contribution in [0.15, 0.2) is 58.7 Å². The maximum atomic E-state index is 12.6. The van der Waals surface area contributed by atoms with Gasteiger partial charge in [0.15, 0.2) is 0 Å². The predicted molar refractivity (Wildman–Crippen MR) is 102 cm³/mol. The van der Waals surface area contributed by atoms with Crippen LogP contribution < -0.4 is 5.56 Å². The third-order valence-corrected chi connectivity index (χ3v) is 4.99. The smallest absolute Gasteiger partial charge is 0.259 e. The molecule has 3 aromatic heterocycles. The van der Waals surface area contributed by atoms with Crippen molar-refractivity contribution in [3.8, 4) is 11.4 Å². The molecule has 0 saturated carbocycles. The van der Waals surface area contributed by atoms with Crippen LogP contribution in [0.2, 0.25) is 0 Å². The molecular weight excluding hydrogens is 348 g/mol. The van der Waals surface area contributed by atoms with Crippen LogP contribution in [-0.2, 0) is 13.1 Å². The zero-order chi connectivity index (χ0) is 17.9. The first kappa shape index (κ1) is 16.6. The summed E-state index contributed by atoms with van der Waals surface area (Å²) in [7, 11) is 0. The van der Waals surface area contributed by atoms with E-state index in [1.54, 1.807) is 28.8 Å². The van der Waals surface area contributed by atoms with E-state index in [9.17, 15) is 4.79 Å². The molecule has 4 rings (SSSR count). The number of nitrogens with one attached hydrogen (secondary N) is 1. The van der Waals surface area contributed by atoms with Gasteiger partial charge in [0, 0.05) is 42.1 Å². The van der Waals surface area contributed by atoms with E-state index in [4.69, 9.17) is 0 Å². The van der Waals surface area contributed by atoms with E-state index in [1.165, 1.54) is 0 Å². The van der Waals surface area contributed by atoms with Crippen molar-refractivity contribution in [1.82, 2.24) is 29.5 Å². The van der Waals surface area contributed by atoms with Crippen LogP contribution in [0.4, 0.5) is 0 Å². The highest BCUT2D eigenvalue weighted by Gasteiger charge is 2.12. The summed E-state index contributed by atoms with van der Waals surface area (Å²) in [6.07, 6.45) is 10.0. The summed E-state index contributed by atoms with van der Waals surface area (Å²) in [4.78, 5) is 21.1. The number of pyridine rings is 1. The Kier molecular flexibility index (Phi) is 4.57. The Morgan fingerprint density at radius 2 is 2.08 bits per heavy atom. The number of aryl methyl sites for hydroxylation is 2. The van der Waals surface area contributed by atoms with E-state index in [0.717, 1.165) is 35.3 Å². The fourth-order valence-corrected chi connectivity index (χ4v) is 3.40. The van der Waals surface area contributed by atoms with Crippen LogP contribution in [-0.4, -0.2) is 35.8 Å². The molecule has 0 fully saturated rings. The Bertz CT molecular complexity index is 1080. The number of imidazole rings is 1. The number of hydrogen-bond acceptors (Lipinski definition) is 5. The summed E-state index contributed by atoms with van der Waals surface area (Å²) in [5, 5.41) is 8.76. The maximum Gasteiger partial charge on any atom is 0.259 e. The molecule has 132 valence electrons. The van der Waals surface area contributed by atoms with Gasteiger partial charge < -0.3 is 9.55 Å². The topological polar surface area (TPSA) is 81.4 Å². The summed E-state index contributed by atoms with van der Waals surface area (Å²) in [6.45, 7) is 1.52. The highest BCUT2D eigenvalue weighted by atomic mass is 32.2. The lowest BCUT2D eigenvalue weighted by Gasteiger charge is -2.09. The second kappa shape index (κ2) is 7.17. The highest BCUT2D eigenvalue weighted by molar-refractivity contribution is 7.98. The van der Waals surface area contributed by atoms with Gasteiger partial charge in [-0.25, -0.2) is 4.98 Å². The first-order valence-electron chi connectivity index (χ1n) is 8.31. The standard InChI is InChI=1S/C18H18N6OS/c1-26-14-4-3-13-11-15(18(25)21-16(13)12-14)17-19-5-9-23(17)7-2-8-24-10-6-20-22-24/h3-6,9-12H,2,7-8H2,1H3,(H,21,25). The monoisotopic (exact) mass is 366 g/mol. The number of aromatic amines is 1. The van der Waals surface area contributed by atoms with Crippen molar-refractivity contribution in [2.24, 2.45) is 0 Å². The molecule has 1 aromatic carbocycles. The van der Waals surface area contributed by atoms with Gasteiger partial charge in [0.05, 0.1) is 11.8 Å². The van der Waals surface area contributed by atoms with E-state index in [2.05, 4.69) is 26.3 Å². The number of aromatic nitrogens is 6. The first-order valence-corrected chi connectivity index (χ1v) is 9.54.